The van der Waals surface area contributed by atoms with Gasteiger partial charge in [0.2, 0.25) is 5.91 Å². The van der Waals surface area contributed by atoms with Crippen molar-refractivity contribution in [2.75, 3.05) is 0 Å². The SMILES string of the molecule is CC[n+]1cccc2c3cc(C4=C(C(=O)O)N5C(=O)[C@H]([C@@H](C)O)[C@H]5C4)ccc3n(C)c21. The summed E-state index contributed by atoms with van der Waals surface area (Å²) in [5.74, 6) is -1.95. The third-order valence-corrected chi connectivity index (χ3v) is 6.63. The number of hydrogen-bond donors (Lipinski definition) is 2. The number of aliphatic hydroxyl groups is 1. The number of carboxylic acid groups (broad SMARTS) is 1. The first-order valence-electron chi connectivity index (χ1n) is 10.2. The summed E-state index contributed by atoms with van der Waals surface area (Å²) in [4.78, 5) is 25.9. The van der Waals surface area contributed by atoms with Gasteiger partial charge in [-0.3, -0.25) is 4.79 Å². The molecule has 1 saturated heterocycles. The van der Waals surface area contributed by atoms with E-state index >= 15 is 0 Å². The van der Waals surface area contributed by atoms with Gasteiger partial charge in [0.1, 0.15) is 11.2 Å². The molecule has 1 amide bonds. The minimum Gasteiger partial charge on any atom is -0.477 e. The van der Waals surface area contributed by atoms with Gasteiger partial charge in [0.05, 0.1) is 43.2 Å². The lowest BCUT2D eigenvalue weighted by atomic mass is 9.82. The van der Waals surface area contributed by atoms with Gasteiger partial charge in [-0.1, -0.05) is 6.07 Å². The molecule has 2 aromatic heterocycles. The maximum absolute atomic E-state index is 12.5. The van der Waals surface area contributed by atoms with Crippen molar-refractivity contribution in [3.05, 3.63) is 47.8 Å². The van der Waals surface area contributed by atoms with Crippen molar-refractivity contribution in [2.45, 2.75) is 39.0 Å². The summed E-state index contributed by atoms with van der Waals surface area (Å²) in [6.07, 6.45) is 1.70. The van der Waals surface area contributed by atoms with E-state index in [4.69, 9.17) is 0 Å². The molecule has 0 spiro atoms. The maximum atomic E-state index is 12.5. The van der Waals surface area contributed by atoms with Crippen LogP contribution < -0.4 is 4.57 Å². The van der Waals surface area contributed by atoms with Crippen LogP contribution in [-0.4, -0.2) is 43.7 Å². The van der Waals surface area contributed by atoms with Gasteiger partial charge in [-0.2, -0.15) is 0 Å². The molecule has 1 aromatic carbocycles. The topological polar surface area (TPSA) is 86.7 Å². The number of aromatic nitrogens is 2. The van der Waals surface area contributed by atoms with Crippen LogP contribution in [0, 0.1) is 5.92 Å². The van der Waals surface area contributed by atoms with Crippen molar-refractivity contribution < 1.29 is 24.4 Å². The third kappa shape index (κ3) is 2.32. The fraction of sp³-hybridized carbons (Fsp3) is 0.348. The Kier molecular flexibility index (Phi) is 4.02. The third-order valence-electron chi connectivity index (χ3n) is 6.63. The molecule has 2 aliphatic rings. The number of pyridine rings is 1. The van der Waals surface area contributed by atoms with Crippen molar-refractivity contribution in [1.82, 2.24) is 9.47 Å². The van der Waals surface area contributed by atoms with Crippen molar-refractivity contribution in [3.63, 3.8) is 0 Å². The van der Waals surface area contributed by atoms with Crippen LogP contribution >= 0.6 is 0 Å². The van der Waals surface area contributed by atoms with E-state index in [9.17, 15) is 19.8 Å². The molecule has 2 N–H and O–H groups in total. The fourth-order valence-corrected chi connectivity index (χ4v) is 5.25. The second-order valence-electron chi connectivity index (χ2n) is 8.20. The second kappa shape index (κ2) is 6.40. The Labute approximate surface area is 173 Å². The molecule has 30 heavy (non-hydrogen) atoms. The van der Waals surface area contributed by atoms with Crippen LogP contribution in [0.1, 0.15) is 25.8 Å². The quantitative estimate of drug-likeness (QED) is 0.513. The summed E-state index contributed by atoms with van der Waals surface area (Å²) >= 11 is 0. The van der Waals surface area contributed by atoms with E-state index in [0.29, 0.717) is 12.0 Å². The Morgan fingerprint density at radius 3 is 2.73 bits per heavy atom. The number of benzene rings is 1. The summed E-state index contributed by atoms with van der Waals surface area (Å²) in [6.45, 7) is 4.54. The highest BCUT2D eigenvalue weighted by Crippen LogP contribution is 2.47. The van der Waals surface area contributed by atoms with E-state index in [1.54, 1.807) is 6.92 Å². The first-order valence-corrected chi connectivity index (χ1v) is 10.2. The number of aliphatic hydroxyl groups excluding tert-OH is 1. The predicted octanol–water partition coefficient (Wildman–Crippen LogP) is 2.05. The Bertz CT molecular complexity index is 1270. The summed E-state index contributed by atoms with van der Waals surface area (Å²) in [6, 6.07) is 9.79. The molecule has 7 heteroatoms. The molecule has 1 fully saturated rings. The number of carbonyl (C=O) groups excluding carboxylic acids is 1. The van der Waals surface area contributed by atoms with Crippen molar-refractivity contribution in [3.8, 4) is 0 Å². The molecule has 0 unspecified atom stereocenters. The van der Waals surface area contributed by atoms with Crippen LogP contribution in [-0.2, 0) is 23.2 Å². The summed E-state index contributed by atoms with van der Waals surface area (Å²) in [5.41, 5.74) is 3.69. The molecule has 7 nitrogen and oxygen atoms in total. The Morgan fingerprint density at radius 2 is 2.07 bits per heavy atom. The number of carbonyl (C=O) groups is 2. The maximum Gasteiger partial charge on any atom is 0.352 e. The van der Waals surface area contributed by atoms with Crippen molar-refractivity contribution in [2.24, 2.45) is 13.0 Å². The molecule has 0 saturated carbocycles. The second-order valence-corrected chi connectivity index (χ2v) is 8.20. The highest BCUT2D eigenvalue weighted by Gasteiger charge is 2.56. The first kappa shape index (κ1) is 18.8. The van der Waals surface area contributed by atoms with Crippen LogP contribution in [0.15, 0.2) is 42.2 Å². The smallest absolute Gasteiger partial charge is 0.352 e. The lowest BCUT2D eigenvalue weighted by Gasteiger charge is -2.44. The number of β-lactam (4-membered cyclic amide) rings is 1. The van der Waals surface area contributed by atoms with Crippen molar-refractivity contribution >= 4 is 39.4 Å². The average molecular weight is 406 g/mol. The van der Waals surface area contributed by atoms with Gasteiger partial charge in [-0.25, -0.2) is 13.9 Å². The Hall–Kier alpha value is -3.19. The fourth-order valence-electron chi connectivity index (χ4n) is 5.25. The average Bonchev–Trinajstić information content (AvgIpc) is 3.21. The molecule has 5 rings (SSSR count). The molecular weight excluding hydrogens is 382 g/mol. The summed E-state index contributed by atoms with van der Waals surface area (Å²) in [5, 5.41) is 22.0. The molecule has 154 valence electrons. The standard InChI is InChI=1S/C23H23N3O4/c1-4-25-9-5-6-14-16-10-13(7-8-17(16)24(3)21(14)25)15-11-18-19(12(2)27)22(28)26(18)20(15)23(29)30/h5-10,12,18-19,27H,4,11H2,1-3H3/p+1/t12-,18-,19-/m1/s1. The largest absolute Gasteiger partial charge is 0.477 e. The number of aliphatic carboxylic acids is 1. The predicted molar refractivity (Wildman–Crippen MR) is 111 cm³/mol. The molecule has 2 aliphatic heterocycles. The molecule has 3 atom stereocenters. The normalized spacial score (nSPS) is 22.0. The minimum absolute atomic E-state index is 0.0464. The van der Waals surface area contributed by atoms with E-state index in [1.807, 2.05) is 31.3 Å². The highest BCUT2D eigenvalue weighted by atomic mass is 16.4. The van der Waals surface area contributed by atoms with Gasteiger partial charge in [0.25, 0.3) is 5.65 Å². The van der Waals surface area contributed by atoms with E-state index in [1.165, 1.54) is 4.90 Å². The van der Waals surface area contributed by atoms with Crippen LogP contribution in [0.2, 0.25) is 0 Å². The van der Waals surface area contributed by atoms with Crippen LogP contribution in [0.3, 0.4) is 0 Å². The van der Waals surface area contributed by atoms with Crippen LogP contribution in [0.5, 0.6) is 0 Å². The minimum atomic E-state index is -1.10. The zero-order chi connectivity index (χ0) is 21.3. The van der Waals surface area contributed by atoms with Crippen LogP contribution in [0.25, 0.3) is 27.5 Å². The lowest BCUT2D eigenvalue weighted by molar-refractivity contribution is -0.670. The van der Waals surface area contributed by atoms with Gasteiger partial charge in [0.15, 0.2) is 0 Å². The van der Waals surface area contributed by atoms with E-state index < -0.39 is 18.0 Å². The molecule has 0 aliphatic carbocycles. The number of fused-ring (bicyclic) bond motifs is 4. The van der Waals surface area contributed by atoms with Gasteiger partial charge in [-0.15, -0.1) is 0 Å². The number of hydrogen-bond acceptors (Lipinski definition) is 3. The molecule has 0 radical (unpaired) electrons. The van der Waals surface area contributed by atoms with E-state index in [0.717, 1.165) is 34.0 Å². The van der Waals surface area contributed by atoms with E-state index in [2.05, 4.69) is 28.3 Å². The first-order chi connectivity index (χ1) is 14.3. The van der Waals surface area contributed by atoms with E-state index in [-0.39, 0.29) is 17.6 Å². The van der Waals surface area contributed by atoms with Crippen LogP contribution in [0.4, 0.5) is 0 Å². The zero-order valence-corrected chi connectivity index (χ0v) is 17.2. The zero-order valence-electron chi connectivity index (χ0n) is 17.2. The van der Waals surface area contributed by atoms with Crippen molar-refractivity contribution in [1.29, 1.82) is 0 Å². The summed E-state index contributed by atoms with van der Waals surface area (Å²) < 4.78 is 4.34. The number of amides is 1. The Balaban J connectivity index is 1.69. The number of nitrogens with zero attached hydrogens (tertiary/aromatic N) is 3. The summed E-state index contributed by atoms with van der Waals surface area (Å²) in [7, 11) is 2.03. The highest BCUT2D eigenvalue weighted by molar-refractivity contribution is 6.09. The van der Waals surface area contributed by atoms with Gasteiger partial charge in [-0.05, 0) is 55.7 Å². The lowest BCUT2D eigenvalue weighted by Crippen LogP contribution is -2.61. The molecular formula is C23H24N3O4+. The van der Waals surface area contributed by atoms with Gasteiger partial charge >= 0.3 is 5.97 Å². The molecule has 4 heterocycles. The number of rotatable bonds is 4. The number of aryl methyl sites for hydroxylation is 2. The number of carboxylic acids is 1. The molecule has 3 aromatic rings. The van der Waals surface area contributed by atoms with Gasteiger partial charge in [0, 0.05) is 5.39 Å². The molecule has 0 bridgehead atoms. The monoisotopic (exact) mass is 406 g/mol. The Morgan fingerprint density at radius 1 is 1.30 bits per heavy atom. The van der Waals surface area contributed by atoms with Gasteiger partial charge < -0.3 is 15.1 Å².